The Hall–Kier alpha value is -6.00. The van der Waals surface area contributed by atoms with Crippen molar-refractivity contribution in [2.75, 3.05) is 0 Å². The molecule has 5 aromatic carbocycles. The summed E-state index contributed by atoms with van der Waals surface area (Å²) in [6.45, 7) is 14.5. The van der Waals surface area contributed by atoms with Gasteiger partial charge in [0.25, 0.3) is 0 Å². The molecule has 0 saturated heterocycles. The molecule has 0 fully saturated rings. The lowest BCUT2D eigenvalue weighted by atomic mass is 9.60. The van der Waals surface area contributed by atoms with E-state index in [0.29, 0.717) is 5.82 Å². The van der Waals surface area contributed by atoms with Crippen molar-refractivity contribution in [3.05, 3.63) is 161 Å². The van der Waals surface area contributed by atoms with Gasteiger partial charge < -0.3 is 8.98 Å². The van der Waals surface area contributed by atoms with Gasteiger partial charge in [0.05, 0.1) is 28.2 Å². The first-order chi connectivity index (χ1) is 26.6. The van der Waals surface area contributed by atoms with Gasteiger partial charge in [-0.3, -0.25) is 0 Å². The SMILES string of the molecule is CC1C=CC2(C)C3=C1C(C)c1c(n(c4cc5c(cc14)-c1ccccc1C5(C)C)-c1cccc4c1oc1c(cccc14)-c1nc(-c4ccccc4)cc2n1)C3C. The van der Waals surface area contributed by atoms with E-state index in [9.17, 15) is 0 Å². The standard InChI is InChI=1S/C51H41N3O/c1-27-22-23-51(6)42-26-39(30-14-8-7-9-15-30)52-49(53-42)34-19-12-17-32-33-18-13-21-40(48(33)55-47(32)34)54-41-25-38-35(31-16-10-11-20-37(31)50(38,4)5)24-36(41)44-28(2)43(27)45(51)29(3)46(44)54/h7-29H,1-6H3. The molecule has 3 aromatic heterocycles. The van der Waals surface area contributed by atoms with E-state index < -0.39 is 5.41 Å². The van der Waals surface area contributed by atoms with Crippen molar-refractivity contribution in [1.29, 1.82) is 0 Å². The number of hydrogen-bond donors (Lipinski definition) is 0. The lowest BCUT2D eigenvalue weighted by Crippen LogP contribution is -2.36. The topological polar surface area (TPSA) is 43.9 Å². The normalized spacial score (nSPS) is 22.6. The third-order valence-electron chi connectivity index (χ3n) is 13.9. The second-order valence-corrected chi connectivity index (χ2v) is 17.1. The van der Waals surface area contributed by atoms with Crippen molar-refractivity contribution in [3.8, 4) is 39.5 Å². The van der Waals surface area contributed by atoms with E-state index in [1.54, 1.807) is 0 Å². The minimum absolute atomic E-state index is 0.0902. The van der Waals surface area contributed by atoms with E-state index in [0.717, 1.165) is 50.1 Å². The Morgan fingerprint density at radius 3 is 2.24 bits per heavy atom. The van der Waals surface area contributed by atoms with Gasteiger partial charge in [-0.25, -0.2) is 9.97 Å². The largest absolute Gasteiger partial charge is 0.453 e. The molecule has 3 aliphatic carbocycles. The Bertz CT molecular complexity index is 3080. The van der Waals surface area contributed by atoms with E-state index in [4.69, 9.17) is 14.4 Å². The molecule has 4 aliphatic rings. The van der Waals surface area contributed by atoms with Gasteiger partial charge in [-0.05, 0) is 76.6 Å². The van der Waals surface area contributed by atoms with Crippen LogP contribution in [0.25, 0.3) is 72.3 Å². The second kappa shape index (κ2) is 10.4. The smallest absolute Gasteiger partial charge is 0.163 e. The lowest BCUT2D eigenvalue weighted by molar-refractivity contribution is 0.523. The number of allylic oxidation sites excluding steroid dienone is 4. The highest BCUT2D eigenvalue weighted by Crippen LogP contribution is 2.59. The Kier molecular flexibility index (Phi) is 5.93. The summed E-state index contributed by atoms with van der Waals surface area (Å²) in [5.41, 5.74) is 18.6. The molecule has 0 spiro atoms. The zero-order chi connectivity index (χ0) is 37.1. The molecule has 4 unspecified atom stereocenters. The fourth-order valence-electron chi connectivity index (χ4n) is 11.3. The minimum atomic E-state index is -0.472. The average molecular weight is 712 g/mol. The maximum Gasteiger partial charge on any atom is 0.163 e. The molecule has 0 radical (unpaired) electrons. The first kappa shape index (κ1) is 31.4. The molecule has 266 valence electrons. The van der Waals surface area contributed by atoms with E-state index in [-0.39, 0.29) is 23.2 Å². The van der Waals surface area contributed by atoms with Crippen LogP contribution in [0.15, 0.2) is 137 Å². The van der Waals surface area contributed by atoms with Crippen LogP contribution in [0.5, 0.6) is 0 Å². The Morgan fingerprint density at radius 2 is 1.40 bits per heavy atom. The molecule has 0 N–H and O–H groups in total. The number of aromatic nitrogens is 3. The average Bonchev–Trinajstić information content (AvgIpc) is 3.83. The zero-order valence-corrected chi connectivity index (χ0v) is 32.0. The van der Waals surface area contributed by atoms with Crippen molar-refractivity contribution in [1.82, 2.24) is 14.5 Å². The van der Waals surface area contributed by atoms with Crippen molar-refractivity contribution >= 4 is 32.8 Å². The number of hydrogen-bond acceptors (Lipinski definition) is 3. The van der Waals surface area contributed by atoms with Gasteiger partial charge in [-0.1, -0.05) is 131 Å². The molecule has 55 heavy (non-hydrogen) atoms. The van der Waals surface area contributed by atoms with Gasteiger partial charge in [0.2, 0.25) is 0 Å². The lowest BCUT2D eigenvalue weighted by Gasteiger charge is -2.45. The first-order valence-corrected chi connectivity index (χ1v) is 19.8. The number of benzene rings is 5. The summed E-state index contributed by atoms with van der Waals surface area (Å²) in [7, 11) is 0. The van der Waals surface area contributed by atoms with E-state index in [1.807, 2.05) is 0 Å². The van der Waals surface area contributed by atoms with Crippen molar-refractivity contribution in [2.24, 2.45) is 5.92 Å². The van der Waals surface area contributed by atoms with Gasteiger partial charge in [-0.15, -0.1) is 0 Å². The first-order valence-electron chi connectivity index (χ1n) is 19.8. The molecule has 1 aliphatic heterocycles. The van der Waals surface area contributed by atoms with Gasteiger partial charge in [-0.2, -0.15) is 0 Å². The summed E-state index contributed by atoms with van der Waals surface area (Å²) in [6, 6.07) is 40.0. The molecule has 8 aromatic rings. The summed E-state index contributed by atoms with van der Waals surface area (Å²) in [5.74, 6) is 1.26. The molecule has 0 amide bonds. The summed E-state index contributed by atoms with van der Waals surface area (Å²) in [6.07, 6.45) is 4.88. The summed E-state index contributed by atoms with van der Waals surface area (Å²) < 4.78 is 9.77. The molecule has 6 bridgehead atoms. The van der Waals surface area contributed by atoms with Crippen molar-refractivity contribution < 1.29 is 4.42 Å². The minimum Gasteiger partial charge on any atom is -0.453 e. The van der Waals surface area contributed by atoms with Gasteiger partial charge in [0.1, 0.15) is 5.58 Å². The quantitative estimate of drug-likeness (QED) is 0.159. The van der Waals surface area contributed by atoms with Crippen LogP contribution in [0.1, 0.15) is 81.5 Å². The monoisotopic (exact) mass is 711 g/mol. The maximum absolute atomic E-state index is 7.18. The molecule has 4 atom stereocenters. The van der Waals surface area contributed by atoms with Crippen LogP contribution in [0, 0.1) is 5.92 Å². The van der Waals surface area contributed by atoms with E-state index in [2.05, 4.69) is 167 Å². The third kappa shape index (κ3) is 3.82. The van der Waals surface area contributed by atoms with E-state index in [1.165, 1.54) is 55.6 Å². The second-order valence-electron chi connectivity index (χ2n) is 17.1. The van der Waals surface area contributed by atoms with Crippen LogP contribution in [0.3, 0.4) is 0 Å². The van der Waals surface area contributed by atoms with Gasteiger partial charge in [0, 0.05) is 50.1 Å². The van der Waals surface area contributed by atoms with Crippen LogP contribution in [0.2, 0.25) is 0 Å². The van der Waals surface area contributed by atoms with Gasteiger partial charge >= 0.3 is 0 Å². The predicted octanol–water partition coefficient (Wildman–Crippen LogP) is 13.0. The molecular weight excluding hydrogens is 671 g/mol. The van der Waals surface area contributed by atoms with Crippen LogP contribution in [-0.4, -0.2) is 14.5 Å². The fourth-order valence-corrected chi connectivity index (χ4v) is 11.3. The van der Waals surface area contributed by atoms with Crippen LogP contribution in [-0.2, 0) is 10.8 Å². The summed E-state index contributed by atoms with van der Waals surface area (Å²) >= 11 is 0. The third-order valence-corrected chi connectivity index (χ3v) is 13.9. The highest BCUT2D eigenvalue weighted by Gasteiger charge is 2.47. The zero-order valence-electron chi connectivity index (χ0n) is 32.0. The molecular formula is C51H41N3O. The van der Waals surface area contributed by atoms with Crippen LogP contribution in [0.4, 0.5) is 0 Å². The molecule has 4 heteroatoms. The van der Waals surface area contributed by atoms with Crippen molar-refractivity contribution in [2.45, 2.75) is 64.2 Å². The summed E-state index contributed by atoms with van der Waals surface area (Å²) in [5, 5.41) is 3.52. The Labute approximate surface area is 320 Å². The van der Waals surface area contributed by atoms with E-state index >= 15 is 0 Å². The number of furan rings is 1. The Morgan fingerprint density at radius 1 is 0.655 bits per heavy atom. The summed E-state index contributed by atoms with van der Waals surface area (Å²) in [4.78, 5) is 10.9. The molecule has 12 rings (SSSR count). The highest BCUT2D eigenvalue weighted by atomic mass is 16.3. The molecule has 4 nitrogen and oxygen atoms in total. The number of para-hydroxylation sites is 2. The maximum atomic E-state index is 7.18. The number of nitrogens with zero attached hydrogens (tertiary/aromatic N) is 3. The molecule has 4 heterocycles. The Balaban J connectivity index is 1.27. The molecule has 0 saturated carbocycles. The number of rotatable bonds is 1. The van der Waals surface area contributed by atoms with Crippen molar-refractivity contribution in [3.63, 3.8) is 0 Å². The highest BCUT2D eigenvalue weighted by molar-refractivity contribution is 6.12. The predicted molar refractivity (Wildman–Crippen MR) is 224 cm³/mol. The van der Waals surface area contributed by atoms with Crippen LogP contribution >= 0.6 is 0 Å². The van der Waals surface area contributed by atoms with Gasteiger partial charge in [0.15, 0.2) is 11.4 Å². The fraction of sp³-hybridized carbons (Fsp3) is 0.216. The number of fused-ring (bicyclic) bond motifs is 12. The van der Waals surface area contributed by atoms with Crippen LogP contribution < -0.4 is 0 Å².